The van der Waals surface area contributed by atoms with Gasteiger partial charge in [0.15, 0.2) is 35.0 Å². The third kappa shape index (κ3) is 11.1. The highest BCUT2D eigenvalue weighted by Gasteiger charge is 2.46. The molecule has 17 heteroatoms. The van der Waals surface area contributed by atoms with Gasteiger partial charge >= 0.3 is 0 Å². The highest BCUT2D eigenvalue weighted by atomic mass is 15.5. The molecule has 0 spiro atoms. The molecule has 113 heavy (non-hydrogen) atoms. The smallest absolute Gasteiger partial charge is 0.252 e. The molecule has 0 aromatic heterocycles. The Balaban J connectivity index is 0.787. The van der Waals surface area contributed by atoms with Crippen LogP contribution in [0.25, 0.3) is 55.6 Å². The van der Waals surface area contributed by atoms with Crippen LogP contribution in [0.2, 0.25) is 0 Å². The second-order valence-electron chi connectivity index (χ2n) is 28.0. The predicted octanol–water partition coefficient (Wildman–Crippen LogP) is 18.2. The summed E-state index contributed by atoms with van der Waals surface area (Å²) in [5, 5.41) is 0. The van der Waals surface area contributed by atoms with Crippen LogP contribution in [-0.2, 0) is 0 Å². The van der Waals surface area contributed by atoms with E-state index in [4.69, 9.17) is 59.9 Å². The molecule has 22 rings (SSSR count). The summed E-state index contributed by atoms with van der Waals surface area (Å²) in [6, 6.07) is 125. The Morgan fingerprint density at radius 2 is 0.425 bits per heavy atom. The number of guanidine groups is 6. The standard InChI is InChI=1S/C96H59BN16/c1-10-31-60(32-11-1)69-53-54-79-77(59-69)97-76-49-28-29-50-78(76)110(83-72(61-33-12-2-13-34-61)55-70(56-73(83)62-35-14-3-15-36-62)89-106-93-102-85(65-41-20-6-21-42-65)98-91-99-86(66-43-22-7-23-44-66)103-94(107-89)112(91)93)80-51-30-52-81(82(80)97)111(79)84-74(63-37-16-4-17-38-63)57-71(58-75(84)64-39-18-5-19-40-64)90-108-95-104-87(67-45-24-8-25-46-67)100-92-101-88(68-47-26-9-27-48-68)105-96(109-90)113(92)95/h1-59H. The first-order valence-corrected chi connectivity index (χ1v) is 37.5. The molecule has 0 atom stereocenters. The summed E-state index contributed by atoms with van der Waals surface area (Å²) in [5.74, 6) is 4.94. The summed E-state index contributed by atoms with van der Waals surface area (Å²) >= 11 is 0. The molecular weight excluding hydrogens is 1390 g/mol. The fourth-order valence-electron chi connectivity index (χ4n) is 16.2. The van der Waals surface area contributed by atoms with E-state index >= 15 is 0 Å². The molecule has 14 aromatic carbocycles. The van der Waals surface area contributed by atoms with E-state index in [1.165, 1.54) is 0 Å². The number of aliphatic imine (C=N–C) groups is 12. The second kappa shape index (κ2) is 26.7. The van der Waals surface area contributed by atoms with Gasteiger partial charge in [-0.25, -0.2) is 9.80 Å². The van der Waals surface area contributed by atoms with Gasteiger partial charge in [-0.3, -0.25) is 0 Å². The largest absolute Gasteiger partial charge is 0.310 e. The van der Waals surface area contributed by atoms with Crippen LogP contribution in [0.4, 0.5) is 34.1 Å². The highest BCUT2D eigenvalue weighted by molar-refractivity contribution is 7.00. The zero-order valence-electron chi connectivity index (χ0n) is 60.3. The molecule has 0 fully saturated rings. The van der Waals surface area contributed by atoms with Gasteiger partial charge in [-0.2, -0.15) is 59.9 Å². The van der Waals surface area contributed by atoms with Crippen molar-refractivity contribution in [3.05, 3.63) is 391 Å². The predicted molar refractivity (Wildman–Crippen MR) is 461 cm³/mol. The number of rotatable bonds is 13. The van der Waals surface area contributed by atoms with Gasteiger partial charge in [0.2, 0.25) is 35.8 Å². The van der Waals surface area contributed by atoms with Crippen molar-refractivity contribution < 1.29 is 0 Å². The summed E-state index contributed by atoms with van der Waals surface area (Å²) in [4.78, 5) is 71.1. The number of hydrogen-bond donors (Lipinski definition) is 0. The molecular formula is C96H59BN16. The van der Waals surface area contributed by atoms with Crippen LogP contribution in [0.3, 0.4) is 0 Å². The summed E-state index contributed by atoms with van der Waals surface area (Å²) in [6.45, 7) is -0.273. The maximum atomic E-state index is 5.42. The Labute approximate surface area is 650 Å². The lowest BCUT2D eigenvalue weighted by atomic mass is 9.33. The maximum absolute atomic E-state index is 5.42. The summed E-state index contributed by atoms with van der Waals surface area (Å²) in [5.41, 5.74) is 24.2. The quantitative estimate of drug-likeness (QED) is 0.105. The van der Waals surface area contributed by atoms with Gasteiger partial charge in [-0.15, -0.1) is 0 Å². The summed E-state index contributed by atoms with van der Waals surface area (Å²) in [6.07, 6.45) is 0. The van der Waals surface area contributed by atoms with Crippen molar-refractivity contribution in [1.82, 2.24) is 9.80 Å². The lowest BCUT2D eigenvalue weighted by Crippen LogP contribution is -2.61. The molecule has 14 aromatic rings. The molecule has 8 heterocycles. The van der Waals surface area contributed by atoms with E-state index in [0.29, 0.717) is 70.8 Å². The van der Waals surface area contributed by atoms with Crippen molar-refractivity contribution in [1.29, 1.82) is 0 Å². The maximum Gasteiger partial charge on any atom is 0.252 e. The van der Waals surface area contributed by atoms with E-state index in [1.54, 1.807) is 9.80 Å². The number of fused-ring (bicyclic) bond motifs is 4. The Morgan fingerprint density at radius 1 is 0.168 bits per heavy atom. The van der Waals surface area contributed by atoms with Crippen molar-refractivity contribution in [3.8, 4) is 55.6 Å². The van der Waals surface area contributed by atoms with E-state index in [0.717, 1.165) is 140 Å². The van der Waals surface area contributed by atoms with Gasteiger partial charge < -0.3 is 9.80 Å². The molecule has 8 aliphatic heterocycles. The van der Waals surface area contributed by atoms with Crippen LogP contribution < -0.4 is 26.2 Å². The third-order valence-electron chi connectivity index (χ3n) is 21.3. The molecule has 0 aliphatic carbocycles. The monoisotopic (exact) mass is 1450 g/mol. The first kappa shape index (κ1) is 64.6. The molecule has 0 bridgehead atoms. The molecule has 0 radical (unpaired) electrons. The van der Waals surface area contributed by atoms with Gasteiger partial charge in [0.05, 0.1) is 11.4 Å². The first-order valence-electron chi connectivity index (χ1n) is 37.5. The summed E-state index contributed by atoms with van der Waals surface area (Å²) < 4.78 is 0. The minimum absolute atomic E-state index is 0.273. The van der Waals surface area contributed by atoms with E-state index < -0.39 is 0 Å². The average molecular weight is 1450 g/mol. The van der Waals surface area contributed by atoms with E-state index in [-0.39, 0.29) is 6.71 Å². The van der Waals surface area contributed by atoms with Crippen LogP contribution in [0.5, 0.6) is 0 Å². The number of para-hydroxylation sites is 1. The molecule has 0 unspecified atom stereocenters. The molecule has 0 saturated heterocycles. The topological polar surface area (TPSA) is 161 Å². The molecule has 0 saturated carbocycles. The molecule has 0 N–H and O–H groups in total. The number of nitrogens with zero attached hydrogens (tertiary/aromatic N) is 16. The number of hydrogen-bond acceptors (Lipinski definition) is 16. The van der Waals surface area contributed by atoms with Crippen molar-refractivity contribution in [3.63, 3.8) is 0 Å². The lowest BCUT2D eigenvalue weighted by molar-refractivity contribution is 0.827. The van der Waals surface area contributed by atoms with Gasteiger partial charge in [-0.1, -0.05) is 309 Å². The third-order valence-corrected chi connectivity index (χ3v) is 21.3. The highest BCUT2D eigenvalue weighted by Crippen LogP contribution is 2.54. The fraction of sp³-hybridized carbons (Fsp3) is 0. The Bertz CT molecular complexity index is 6490. The molecule has 526 valence electrons. The van der Waals surface area contributed by atoms with Crippen LogP contribution in [0.1, 0.15) is 33.4 Å². The Hall–Kier alpha value is -15.6. The Morgan fingerprint density at radius 3 is 0.743 bits per heavy atom. The van der Waals surface area contributed by atoms with Crippen molar-refractivity contribution in [2.75, 3.05) is 9.80 Å². The minimum Gasteiger partial charge on any atom is -0.310 e. The lowest BCUT2D eigenvalue weighted by Gasteiger charge is -2.45. The molecule has 0 amide bonds. The Kier molecular flexibility index (Phi) is 15.2. The normalized spacial score (nSPS) is 15.3. The van der Waals surface area contributed by atoms with Crippen LogP contribution in [-0.4, -0.2) is 87.3 Å². The second-order valence-corrected chi connectivity index (χ2v) is 28.0. The van der Waals surface area contributed by atoms with Gasteiger partial charge in [-0.05, 0) is 98.3 Å². The van der Waals surface area contributed by atoms with Crippen LogP contribution >= 0.6 is 0 Å². The van der Waals surface area contributed by atoms with E-state index in [2.05, 4.69) is 246 Å². The van der Waals surface area contributed by atoms with Crippen molar-refractivity contribution >= 4 is 128 Å². The molecule has 8 aliphatic rings. The van der Waals surface area contributed by atoms with E-state index in [1.807, 2.05) is 121 Å². The number of amidine groups is 6. The zero-order valence-corrected chi connectivity index (χ0v) is 60.3. The SMILES string of the molecule is c1ccc(C2=NC3=NC(c4ccccc4)=NC4=NC(c5cc(-c6ccccc6)c(N6c7ccccc7B7c8cc(-c9ccccc9)ccc8N(c8c(-c9ccccc9)cc(C9=NC%10=NC(c%11ccccc%11)=NC%11=NC(c%12ccccc%12)=NC(=N9)N%11%10)cc8-c8ccccc8)c8cccc6c87)c(-c6ccccc6)c5)=NC(=N2)N34)cc1. The average Bonchev–Trinajstić information content (AvgIpc) is 0.691. The zero-order chi connectivity index (χ0) is 74.5. The fourth-order valence-corrected chi connectivity index (χ4v) is 16.2. The van der Waals surface area contributed by atoms with E-state index in [9.17, 15) is 0 Å². The summed E-state index contributed by atoms with van der Waals surface area (Å²) in [7, 11) is 0. The number of anilines is 6. The van der Waals surface area contributed by atoms with Gasteiger partial charge in [0.1, 0.15) is 0 Å². The molecule has 16 nitrogen and oxygen atoms in total. The van der Waals surface area contributed by atoms with Gasteiger partial charge in [0.25, 0.3) is 6.71 Å². The minimum atomic E-state index is -0.273. The van der Waals surface area contributed by atoms with Gasteiger partial charge in [0, 0.05) is 78.4 Å². The van der Waals surface area contributed by atoms with Crippen molar-refractivity contribution in [2.45, 2.75) is 0 Å². The number of benzene rings is 14. The first-order chi connectivity index (χ1) is 56.0. The van der Waals surface area contributed by atoms with Crippen molar-refractivity contribution in [2.24, 2.45) is 59.9 Å². The van der Waals surface area contributed by atoms with Crippen LogP contribution in [0.15, 0.2) is 418 Å². The van der Waals surface area contributed by atoms with Crippen LogP contribution in [0, 0.1) is 0 Å².